The molecule has 0 atom stereocenters. The summed E-state index contributed by atoms with van der Waals surface area (Å²) in [4.78, 5) is 0. The lowest BCUT2D eigenvalue weighted by Crippen LogP contribution is -2.50. The Bertz CT molecular complexity index is 310. The highest BCUT2D eigenvalue weighted by Gasteiger charge is 2.28. The van der Waals surface area contributed by atoms with Crippen LogP contribution in [-0.4, -0.2) is 36.6 Å². The molecule has 1 rings (SSSR count). The number of quaternary nitrogens is 1. The van der Waals surface area contributed by atoms with Gasteiger partial charge in [0.2, 0.25) is 0 Å². The highest BCUT2D eigenvalue weighted by atomic mass is 16.0. The standard InChI is InChI=1S/C26H54N.H2O/c1-4-5-6-7-8-9-10-11-12-13-14-15-16-17-18-22-25-27(2,3)26-23-20-19-21-24-26;/h26H,4-25H2,1-3H3;1H2/q+1;/p-1. The first-order valence-electron chi connectivity index (χ1n) is 13.0. The molecule has 0 aromatic heterocycles. The molecule has 1 saturated carbocycles. The maximum Gasteiger partial charge on any atom is 0.0886 e. The molecule has 0 aromatic carbocycles. The molecule has 1 aliphatic rings. The van der Waals surface area contributed by atoms with Crippen LogP contribution in [-0.2, 0) is 0 Å². The van der Waals surface area contributed by atoms with Crippen LogP contribution in [0.4, 0.5) is 0 Å². The minimum absolute atomic E-state index is 0. The fraction of sp³-hybridized carbons (Fsp3) is 1.00. The second-order valence-corrected chi connectivity index (χ2v) is 10.1. The molecular formula is C26H55NO. The van der Waals surface area contributed by atoms with Crippen molar-refractivity contribution in [2.24, 2.45) is 0 Å². The molecule has 1 aliphatic carbocycles. The zero-order chi connectivity index (χ0) is 19.6. The van der Waals surface area contributed by atoms with Gasteiger partial charge in [0, 0.05) is 0 Å². The molecule has 170 valence electrons. The Morgan fingerprint density at radius 1 is 0.536 bits per heavy atom. The van der Waals surface area contributed by atoms with Gasteiger partial charge < -0.3 is 9.96 Å². The molecule has 0 spiro atoms. The lowest BCUT2D eigenvalue weighted by molar-refractivity contribution is -0.916. The minimum atomic E-state index is 0. The maximum absolute atomic E-state index is 2.49. The smallest absolute Gasteiger partial charge is 0.0886 e. The Balaban J connectivity index is 0.00000729. The predicted molar refractivity (Wildman–Crippen MR) is 125 cm³/mol. The average molecular weight is 398 g/mol. The number of hydrogen-bond donors (Lipinski definition) is 0. The third-order valence-corrected chi connectivity index (χ3v) is 7.15. The van der Waals surface area contributed by atoms with E-state index in [0.717, 1.165) is 6.04 Å². The molecule has 0 unspecified atom stereocenters. The molecule has 28 heavy (non-hydrogen) atoms. The van der Waals surface area contributed by atoms with Gasteiger partial charge in [-0.3, -0.25) is 0 Å². The zero-order valence-electron chi connectivity index (χ0n) is 20.0. The van der Waals surface area contributed by atoms with Crippen LogP contribution in [0.5, 0.6) is 0 Å². The number of nitrogens with zero attached hydrogens (tertiary/aromatic N) is 1. The summed E-state index contributed by atoms with van der Waals surface area (Å²) in [5.74, 6) is 0. The first kappa shape index (κ1) is 27.9. The van der Waals surface area contributed by atoms with Gasteiger partial charge in [0.1, 0.15) is 0 Å². The fourth-order valence-corrected chi connectivity index (χ4v) is 5.03. The first-order valence-corrected chi connectivity index (χ1v) is 13.0. The van der Waals surface area contributed by atoms with Crippen LogP contribution in [0.1, 0.15) is 142 Å². The Labute approximate surface area is 178 Å². The molecule has 2 heteroatoms. The third-order valence-electron chi connectivity index (χ3n) is 7.15. The van der Waals surface area contributed by atoms with Crippen molar-refractivity contribution in [3.63, 3.8) is 0 Å². The molecule has 2 nitrogen and oxygen atoms in total. The highest BCUT2D eigenvalue weighted by Crippen LogP contribution is 2.26. The van der Waals surface area contributed by atoms with E-state index in [0.29, 0.717) is 0 Å². The van der Waals surface area contributed by atoms with Crippen LogP contribution in [0.25, 0.3) is 0 Å². The molecule has 1 fully saturated rings. The molecule has 0 amide bonds. The van der Waals surface area contributed by atoms with Crippen LogP contribution in [0.15, 0.2) is 0 Å². The van der Waals surface area contributed by atoms with E-state index in [2.05, 4.69) is 21.0 Å². The van der Waals surface area contributed by atoms with Crippen molar-refractivity contribution < 1.29 is 9.96 Å². The summed E-state index contributed by atoms with van der Waals surface area (Å²) < 4.78 is 1.29. The van der Waals surface area contributed by atoms with E-state index in [1.54, 1.807) is 0 Å². The van der Waals surface area contributed by atoms with E-state index in [4.69, 9.17) is 0 Å². The lowest BCUT2D eigenvalue weighted by Gasteiger charge is -2.40. The van der Waals surface area contributed by atoms with Gasteiger partial charge in [-0.05, 0) is 38.5 Å². The quantitative estimate of drug-likeness (QED) is 0.168. The van der Waals surface area contributed by atoms with Gasteiger partial charge >= 0.3 is 0 Å². The van der Waals surface area contributed by atoms with Crippen molar-refractivity contribution in [1.82, 2.24) is 0 Å². The van der Waals surface area contributed by atoms with Crippen LogP contribution >= 0.6 is 0 Å². The van der Waals surface area contributed by atoms with E-state index in [1.807, 2.05) is 0 Å². The Kier molecular flexibility index (Phi) is 18.9. The maximum atomic E-state index is 2.49. The molecule has 1 N–H and O–H groups in total. The van der Waals surface area contributed by atoms with Crippen LogP contribution in [0.2, 0.25) is 0 Å². The van der Waals surface area contributed by atoms with Crippen molar-refractivity contribution in [2.45, 2.75) is 148 Å². The Morgan fingerprint density at radius 2 is 0.893 bits per heavy atom. The fourth-order valence-electron chi connectivity index (χ4n) is 5.03. The summed E-state index contributed by atoms with van der Waals surface area (Å²) in [6, 6.07) is 0.954. The summed E-state index contributed by atoms with van der Waals surface area (Å²) >= 11 is 0. The van der Waals surface area contributed by atoms with Crippen molar-refractivity contribution in [1.29, 1.82) is 0 Å². The largest absolute Gasteiger partial charge is 0.870 e. The summed E-state index contributed by atoms with van der Waals surface area (Å²) in [6.07, 6.45) is 30.9. The normalized spacial score (nSPS) is 15.5. The molecule has 0 aromatic rings. The summed E-state index contributed by atoms with van der Waals surface area (Å²) in [5, 5.41) is 0. The molecular weight excluding hydrogens is 342 g/mol. The van der Waals surface area contributed by atoms with Crippen molar-refractivity contribution in [2.75, 3.05) is 20.6 Å². The minimum Gasteiger partial charge on any atom is -0.870 e. The monoisotopic (exact) mass is 397 g/mol. The van der Waals surface area contributed by atoms with Crippen molar-refractivity contribution in [3.8, 4) is 0 Å². The summed E-state index contributed by atoms with van der Waals surface area (Å²) in [7, 11) is 4.97. The lowest BCUT2D eigenvalue weighted by atomic mass is 9.93. The van der Waals surface area contributed by atoms with E-state index in [-0.39, 0.29) is 5.48 Å². The second-order valence-electron chi connectivity index (χ2n) is 10.1. The van der Waals surface area contributed by atoms with Crippen molar-refractivity contribution in [3.05, 3.63) is 0 Å². The van der Waals surface area contributed by atoms with Gasteiger partial charge in [0.15, 0.2) is 0 Å². The average Bonchev–Trinajstić information content (AvgIpc) is 2.68. The predicted octanol–water partition coefficient (Wildman–Crippen LogP) is 8.48. The summed E-state index contributed by atoms with van der Waals surface area (Å²) in [6.45, 7) is 3.71. The molecule has 0 saturated heterocycles. The molecule has 0 heterocycles. The van der Waals surface area contributed by atoms with Crippen LogP contribution < -0.4 is 0 Å². The number of rotatable bonds is 18. The third kappa shape index (κ3) is 14.9. The SMILES string of the molecule is CCCCCCCCCCCCCCCCCC[N+](C)(C)C1CCCCC1.[OH-]. The van der Waals surface area contributed by atoms with E-state index in [9.17, 15) is 0 Å². The molecule has 0 bridgehead atoms. The second kappa shape index (κ2) is 18.9. The van der Waals surface area contributed by atoms with E-state index >= 15 is 0 Å². The summed E-state index contributed by atoms with van der Waals surface area (Å²) in [5.41, 5.74) is 0. The van der Waals surface area contributed by atoms with Crippen LogP contribution in [0, 0.1) is 0 Å². The number of unbranched alkanes of at least 4 members (excludes halogenated alkanes) is 15. The van der Waals surface area contributed by atoms with Crippen molar-refractivity contribution >= 4 is 0 Å². The first-order chi connectivity index (χ1) is 13.2. The van der Waals surface area contributed by atoms with Gasteiger partial charge in [-0.25, -0.2) is 0 Å². The highest BCUT2D eigenvalue weighted by molar-refractivity contribution is 4.66. The zero-order valence-corrected chi connectivity index (χ0v) is 20.0. The Morgan fingerprint density at radius 3 is 1.29 bits per heavy atom. The topological polar surface area (TPSA) is 30.0 Å². The van der Waals surface area contributed by atoms with Gasteiger partial charge in [0.05, 0.1) is 26.7 Å². The number of hydrogen-bond acceptors (Lipinski definition) is 1. The van der Waals surface area contributed by atoms with Gasteiger partial charge in [-0.1, -0.05) is 103 Å². The van der Waals surface area contributed by atoms with E-state index in [1.165, 1.54) is 146 Å². The van der Waals surface area contributed by atoms with Gasteiger partial charge in [-0.15, -0.1) is 0 Å². The van der Waals surface area contributed by atoms with Gasteiger partial charge in [0.25, 0.3) is 0 Å². The Hall–Kier alpha value is -0.0800. The molecule has 0 aliphatic heterocycles. The van der Waals surface area contributed by atoms with Gasteiger partial charge in [-0.2, -0.15) is 0 Å². The van der Waals surface area contributed by atoms with Crippen LogP contribution in [0.3, 0.4) is 0 Å². The van der Waals surface area contributed by atoms with E-state index < -0.39 is 0 Å². The molecule has 0 radical (unpaired) electrons.